The minimum absolute atomic E-state index is 0.0828. The van der Waals surface area contributed by atoms with Gasteiger partial charge in [-0.2, -0.15) is 0 Å². The summed E-state index contributed by atoms with van der Waals surface area (Å²) in [6.45, 7) is 0. The second kappa shape index (κ2) is 4.62. The highest BCUT2D eigenvalue weighted by atomic mass is 19.1. The molecule has 106 valence electrons. The van der Waals surface area contributed by atoms with E-state index in [9.17, 15) is 22.8 Å². The van der Waals surface area contributed by atoms with E-state index >= 15 is 0 Å². The average Bonchev–Trinajstić information content (AvgIpc) is 2.43. The standard InChI is InChI=1S/C14H7F3N2O2/c15-7-4-5-11-8(6-7)13(20)19(14(21)18-11)12-9(16)2-1-3-10(12)17/h1-6H,(H,18,21). The fraction of sp³-hybridized carbons (Fsp3) is 0. The van der Waals surface area contributed by atoms with Crippen molar-refractivity contribution >= 4 is 10.9 Å². The van der Waals surface area contributed by atoms with E-state index in [1.807, 2.05) is 0 Å². The smallest absolute Gasteiger partial charge is 0.306 e. The molecule has 21 heavy (non-hydrogen) atoms. The van der Waals surface area contributed by atoms with E-state index in [-0.39, 0.29) is 10.9 Å². The van der Waals surface area contributed by atoms with Crippen LogP contribution in [-0.4, -0.2) is 9.55 Å². The summed E-state index contributed by atoms with van der Waals surface area (Å²) in [5.74, 6) is -2.84. The first-order chi connectivity index (χ1) is 9.99. The van der Waals surface area contributed by atoms with E-state index in [1.54, 1.807) is 0 Å². The van der Waals surface area contributed by atoms with Crippen molar-refractivity contribution in [1.29, 1.82) is 0 Å². The molecule has 0 aliphatic carbocycles. The lowest BCUT2D eigenvalue weighted by atomic mass is 10.2. The van der Waals surface area contributed by atoms with Crippen LogP contribution in [0.15, 0.2) is 46.0 Å². The van der Waals surface area contributed by atoms with Gasteiger partial charge in [-0.1, -0.05) is 6.07 Å². The van der Waals surface area contributed by atoms with Gasteiger partial charge in [0.15, 0.2) is 0 Å². The Balaban J connectivity index is 2.49. The Morgan fingerprint density at radius 3 is 2.29 bits per heavy atom. The quantitative estimate of drug-likeness (QED) is 0.746. The van der Waals surface area contributed by atoms with E-state index in [4.69, 9.17) is 0 Å². The zero-order valence-corrected chi connectivity index (χ0v) is 10.4. The van der Waals surface area contributed by atoms with Gasteiger partial charge < -0.3 is 4.98 Å². The number of halogens is 3. The highest BCUT2D eigenvalue weighted by Gasteiger charge is 2.17. The number of nitrogens with zero attached hydrogens (tertiary/aromatic N) is 1. The van der Waals surface area contributed by atoms with Crippen LogP contribution in [0.3, 0.4) is 0 Å². The molecule has 0 saturated heterocycles. The first kappa shape index (κ1) is 13.2. The van der Waals surface area contributed by atoms with E-state index in [0.717, 1.165) is 30.3 Å². The molecule has 0 aliphatic heterocycles. The van der Waals surface area contributed by atoms with E-state index in [2.05, 4.69) is 4.98 Å². The van der Waals surface area contributed by atoms with Crippen molar-refractivity contribution < 1.29 is 13.2 Å². The second-order valence-corrected chi connectivity index (χ2v) is 4.33. The number of benzene rings is 2. The van der Waals surface area contributed by atoms with Gasteiger partial charge in [0.1, 0.15) is 23.1 Å². The van der Waals surface area contributed by atoms with Crippen LogP contribution in [0, 0.1) is 17.5 Å². The third-order valence-electron chi connectivity index (χ3n) is 3.02. The highest BCUT2D eigenvalue weighted by molar-refractivity contribution is 5.77. The summed E-state index contributed by atoms with van der Waals surface area (Å²) < 4.78 is 41.0. The summed E-state index contributed by atoms with van der Waals surface area (Å²) in [6, 6.07) is 6.10. The molecule has 7 heteroatoms. The summed E-state index contributed by atoms with van der Waals surface area (Å²) in [4.78, 5) is 26.5. The maximum atomic E-state index is 13.7. The van der Waals surface area contributed by atoms with Gasteiger partial charge in [-0.3, -0.25) is 4.79 Å². The maximum absolute atomic E-state index is 13.7. The Morgan fingerprint density at radius 1 is 0.952 bits per heavy atom. The van der Waals surface area contributed by atoms with Gasteiger partial charge in [0.05, 0.1) is 10.9 Å². The summed E-state index contributed by atoms with van der Waals surface area (Å²) in [7, 11) is 0. The molecule has 0 atom stereocenters. The predicted octanol–water partition coefficient (Wildman–Crippen LogP) is 2.10. The second-order valence-electron chi connectivity index (χ2n) is 4.33. The molecule has 0 unspecified atom stereocenters. The molecule has 0 amide bonds. The fourth-order valence-corrected chi connectivity index (χ4v) is 2.09. The number of hydrogen-bond acceptors (Lipinski definition) is 2. The molecule has 0 aliphatic rings. The fourth-order valence-electron chi connectivity index (χ4n) is 2.09. The molecule has 2 aromatic carbocycles. The lowest BCUT2D eigenvalue weighted by Crippen LogP contribution is -2.35. The third-order valence-corrected chi connectivity index (χ3v) is 3.02. The number of aromatic nitrogens is 2. The molecule has 3 rings (SSSR count). The number of rotatable bonds is 1. The molecular formula is C14H7F3N2O2. The van der Waals surface area contributed by atoms with Crippen LogP contribution in [0.4, 0.5) is 13.2 Å². The zero-order valence-electron chi connectivity index (χ0n) is 10.4. The van der Waals surface area contributed by atoms with Gasteiger partial charge in [-0.15, -0.1) is 0 Å². The molecule has 0 spiro atoms. The minimum atomic E-state index is -1.07. The van der Waals surface area contributed by atoms with Crippen molar-refractivity contribution in [3.05, 3.63) is 74.7 Å². The van der Waals surface area contributed by atoms with Crippen LogP contribution in [0.5, 0.6) is 0 Å². The van der Waals surface area contributed by atoms with Crippen molar-refractivity contribution in [3.8, 4) is 5.69 Å². The SMILES string of the molecule is O=c1[nH]c2ccc(F)cc2c(=O)n1-c1c(F)cccc1F. The molecule has 1 N–H and O–H groups in total. The van der Waals surface area contributed by atoms with Gasteiger partial charge in [0, 0.05) is 0 Å². The minimum Gasteiger partial charge on any atom is -0.306 e. The molecule has 0 fully saturated rings. The van der Waals surface area contributed by atoms with Gasteiger partial charge in [-0.05, 0) is 30.3 Å². The predicted molar refractivity (Wildman–Crippen MR) is 70.0 cm³/mol. The Kier molecular flexibility index (Phi) is 2.90. The largest absolute Gasteiger partial charge is 0.333 e. The van der Waals surface area contributed by atoms with Gasteiger partial charge in [-0.25, -0.2) is 22.5 Å². The Hall–Kier alpha value is -2.83. The van der Waals surface area contributed by atoms with Crippen LogP contribution >= 0.6 is 0 Å². The number of nitrogens with one attached hydrogen (secondary N) is 1. The monoisotopic (exact) mass is 292 g/mol. The van der Waals surface area contributed by atoms with Crippen LogP contribution < -0.4 is 11.2 Å². The normalized spacial score (nSPS) is 11.0. The molecule has 0 radical (unpaired) electrons. The molecule has 0 saturated carbocycles. The molecule has 1 heterocycles. The average molecular weight is 292 g/mol. The number of aromatic amines is 1. The van der Waals surface area contributed by atoms with Crippen LogP contribution in [0.1, 0.15) is 0 Å². The highest BCUT2D eigenvalue weighted by Crippen LogP contribution is 2.15. The topological polar surface area (TPSA) is 54.9 Å². The van der Waals surface area contributed by atoms with E-state index in [0.29, 0.717) is 4.57 Å². The Bertz CT molecular complexity index is 956. The van der Waals surface area contributed by atoms with Crippen molar-refractivity contribution in [1.82, 2.24) is 9.55 Å². The lowest BCUT2D eigenvalue weighted by Gasteiger charge is -2.08. The zero-order chi connectivity index (χ0) is 15.1. The van der Waals surface area contributed by atoms with Gasteiger partial charge in [0.2, 0.25) is 0 Å². The van der Waals surface area contributed by atoms with Crippen LogP contribution in [0.25, 0.3) is 16.6 Å². The summed E-state index contributed by atoms with van der Waals surface area (Å²) in [6.07, 6.45) is 0. The molecule has 3 aromatic rings. The van der Waals surface area contributed by atoms with E-state index < -0.39 is 34.4 Å². The number of fused-ring (bicyclic) bond motifs is 1. The molecular weight excluding hydrogens is 285 g/mol. The Labute approximate surface area is 115 Å². The molecule has 4 nitrogen and oxygen atoms in total. The van der Waals surface area contributed by atoms with Crippen molar-refractivity contribution in [2.24, 2.45) is 0 Å². The van der Waals surface area contributed by atoms with E-state index in [1.165, 1.54) is 6.07 Å². The molecule has 0 bridgehead atoms. The van der Waals surface area contributed by atoms with Crippen LogP contribution in [-0.2, 0) is 0 Å². The maximum Gasteiger partial charge on any atom is 0.333 e. The number of H-pyrrole nitrogens is 1. The summed E-state index contributed by atoms with van der Waals surface area (Å²) in [5.41, 5.74) is -2.73. The van der Waals surface area contributed by atoms with Crippen molar-refractivity contribution in [3.63, 3.8) is 0 Å². The van der Waals surface area contributed by atoms with Crippen molar-refractivity contribution in [2.75, 3.05) is 0 Å². The summed E-state index contributed by atoms with van der Waals surface area (Å²) >= 11 is 0. The van der Waals surface area contributed by atoms with Gasteiger partial charge >= 0.3 is 5.69 Å². The number of hydrogen-bond donors (Lipinski definition) is 1. The first-order valence-electron chi connectivity index (χ1n) is 5.88. The van der Waals surface area contributed by atoms with Gasteiger partial charge in [0.25, 0.3) is 5.56 Å². The summed E-state index contributed by atoms with van der Waals surface area (Å²) in [5, 5.41) is -0.183. The third kappa shape index (κ3) is 2.03. The first-order valence-corrected chi connectivity index (χ1v) is 5.88. The lowest BCUT2D eigenvalue weighted by molar-refractivity contribution is 0.563. The van der Waals surface area contributed by atoms with Crippen molar-refractivity contribution in [2.45, 2.75) is 0 Å². The molecule has 1 aromatic heterocycles. The van der Waals surface area contributed by atoms with Crippen LogP contribution in [0.2, 0.25) is 0 Å². The number of para-hydroxylation sites is 1. The Morgan fingerprint density at radius 2 is 1.62 bits per heavy atom.